The lowest BCUT2D eigenvalue weighted by Crippen LogP contribution is -2.23. The predicted molar refractivity (Wildman–Crippen MR) is 80.2 cm³/mol. The molecule has 0 bridgehead atoms. The van der Waals surface area contributed by atoms with Crippen molar-refractivity contribution in [2.75, 3.05) is 5.32 Å². The summed E-state index contributed by atoms with van der Waals surface area (Å²) in [5, 5.41) is 9.05. The molecule has 2 aromatic rings. The van der Waals surface area contributed by atoms with Gasteiger partial charge in [-0.25, -0.2) is 0 Å². The summed E-state index contributed by atoms with van der Waals surface area (Å²) < 4.78 is 0. The molecule has 0 spiro atoms. The number of aromatic amines is 2. The summed E-state index contributed by atoms with van der Waals surface area (Å²) in [5.74, 6) is 0. The van der Waals surface area contributed by atoms with E-state index in [9.17, 15) is 9.59 Å². The third-order valence-electron chi connectivity index (χ3n) is 4.15. The molecule has 5 heteroatoms. The number of rotatable bonds is 2. The molecule has 106 valence electrons. The van der Waals surface area contributed by atoms with Crippen LogP contribution in [-0.2, 0) is 0 Å². The SMILES string of the molecule is CC1(C)CCC(Nc2cccc3c(=O)[nH][nH]c(=O)c23)C1. The van der Waals surface area contributed by atoms with Crippen LogP contribution in [0.15, 0.2) is 27.8 Å². The van der Waals surface area contributed by atoms with Crippen LogP contribution >= 0.6 is 0 Å². The van der Waals surface area contributed by atoms with Crippen molar-refractivity contribution in [2.45, 2.75) is 39.2 Å². The van der Waals surface area contributed by atoms with Crippen LogP contribution in [0.5, 0.6) is 0 Å². The molecule has 1 unspecified atom stereocenters. The van der Waals surface area contributed by atoms with Gasteiger partial charge in [-0.15, -0.1) is 0 Å². The van der Waals surface area contributed by atoms with Crippen molar-refractivity contribution in [1.29, 1.82) is 0 Å². The molecule has 20 heavy (non-hydrogen) atoms. The molecular weight excluding hydrogens is 254 g/mol. The van der Waals surface area contributed by atoms with Gasteiger partial charge in [0.05, 0.1) is 10.8 Å². The number of nitrogens with one attached hydrogen (secondary N) is 3. The first kappa shape index (κ1) is 13.0. The quantitative estimate of drug-likeness (QED) is 0.785. The molecule has 1 fully saturated rings. The van der Waals surface area contributed by atoms with E-state index in [0.717, 1.165) is 18.5 Å². The van der Waals surface area contributed by atoms with Gasteiger partial charge in [-0.2, -0.15) is 0 Å². The number of H-pyrrole nitrogens is 2. The standard InChI is InChI=1S/C15H19N3O2/c1-15(2)7-6-9(8-15)16-11-5-3-4-10-12(11)14(20)18-17-13(10)19/h3-5,9,16H,6-8H2,1-2H3,(H,17,19)(H,18,20). The second kappa shape index (κ2) is 4.51. The molecule has 1 aliphatic rings. The van der Waals surface area contributed by atoms with Gasteiger partial charge in [0.2, 0.25) is 0 Å². The maximum Gasteiger partial charge on any atom is 0.272 e. The fraction of sp³-hybridized carbons (Fsp3) is 0.467. The van der Waals surface area contributed by atoms with Crippen molar-refractivity contribution in [1.82, 2.24) is 10.2 Å². The predicted octanol–water partition coefficient (Wildman–Crippen LogP) is 2.21. The first-order valence-electron chi connectivity index (χ1n) is 6.96. The number of hydrogen-bond donors (Lipinski definition) is 3. The third-order valence-corrected chi connectivity index (χ3v) is 4.15. The van der Waals surface area contributed by atoms with Gasteiger partial charge in [0.15, 0.2) is 0 Å². The van der Waals surface area contributed by atoms with Gasteiger partial charge in [-0.1, -0.05) is 19.9 Å². The van der Waals surface area contributed by atoms with Crippen LogP contribution in [0, 0.1) is 5.41 Å². The Labute approximate surface area is 116 Å². The minimum absolute atomic E-state index is 0.264. The van der Waals surface area contributed by atoms with Gasteiger partial charge in [0.1, 0.15) is 0 Å². The van der Waals surface area contributed by atoms with Gasteiger partial charge in [0, 0.05) is 11.7 Å². The van der Waals surface area contributed by atoms with Crippen LogP contribution in [-0.4, -0.2) is 16.2 Å². The van der Waals surface area contributed by atoms with E-state index in [-0.39, 0.29) is 11.1 Å². The zero-order chi connectivity index (χ0) is 14.3. The Bertz CT molecular complexity index is 758. The largest absolute Gasteiger partial charge is 0.382 e. The molecule has 1 aromatic heterocycles. The van der Waals surface area contributed by atoms with Crippen LogP contribution in [0.2, 0.25) is 0 Å². The Kier molecular flexibility index (Phi) is 2.92. The second-order valence-electron chi connectivity index (χ2n) is 6.38. The number of fused-ring (bicyclic) bond motifs is 1. The molecule has 3 N–H and O–H groups in total. The number of aromatic nitrogens is 2. The van der Waals surface area contributed by atoms with Gasteiger partial charge in [-0.3, -0.25) is 19.8 Å². The molecule has 1 heterocycles. The minimum Gasteiger partial charge on any atom is -0.382 e. The van der Waals surface area contributed by atoms with Crippen molar-refractivity contribution in [3.8, 4) is 0 Å². The molecule has 0 aliphatic heterocycles. The van der Waals surface area contributed by atoms with Gasteiger partial charge in [-0.05, 0) is 36.8 Å². The van der Waals surface area contributed by atoms with Crippen LogP contribution in [0.1, 0.15) is 33.1 Å². The van der Waals surface area contributed by atoms with E-state index in [1.807, 2.05) is 6.07 Å². The molecule has 0 amide bonds. The zero-order valence-corrected chi connectivity index (χ0v) is 11.7. The van der Waals surface area contributed by atoms with Crippen LogP contribution < -0.4 is 16.4 Å². The lowest BCUT2D eigenvalue weighted by molar-refractivity contribution is 0.378. The van der Waals surface area contributed by atoms with Gasteiger partial charge in [0.25, 0.3) is 11.1 Å². The Morgan fingerprint density at radius 3 is 2.65 bits per heavy atom. The van der Waals surface area contributed by atoms with Gasteiger partial charge >= 0.3 is 0 Å². The highest BCUT2D eigenvalue weighted by molar-refractivity contribution is 5.92. The van der Waals surface area contributed by atoms with Crippen LogP contribution in [0.3, 0.4) is 0 Å². The normalized spacial score (nSPS) is 21.2. The summed E-state index contributed by atoms with van der Waals surface area (Å²) in [5.41, 5.74) is 0.555. The maximum atomic E-state index is 12.0. The van der Waals surface area contributed by atoms with Gasteiger partial charge < -0.3 is 5.32 Å². The van der Waals surface area contributed by atoms with E-state index in [2.05, 4.69) is 29.4 Å². The maximum absolute atomic E-state index is 12.0. The highest BCUT2D eigenvalue weighted by atomic mass is 16.1. The monoisotopic (exact) mass is 273 g/mol. The first-order valence-corrected chi connectivity index (χ1v) is 6.96. The summed E-state index contributed by atoms with van der Waals surface area (Å²) in [7, 11) is 0. The van der Waals surface area contributed by atoms with Crippen molar-refractivity contribution < 1.29 is 0 Å². The van der Waals surface area contributed by atoms with E-state index >= 15 is 0 Å². The molecule has 1 atom stereocenters. The van der Waals surface area contributed by atoms with E-state index in [0.29, 0.717) is 22.2 Å². The smallest absolute Gasteiger partial charge is 0.272 e. The summed E-state index contributed by atoms with van der Waals surface area (Å²) in [6.07, 6.45) is 3.33. The van der Waals surface area contributed by atoms with Crippen LogP contribution in [0.25, 0.3) is 10.8 Å². The van der Waals surface area contributed by atoms with Crippen molar-refractivity contribution >= 4 is 16.5 Å². The Morgan fingerprint density at radius 2 is 1.95 bits per heavy atom. The molecule has 1 aromatic carbocycles. The number of benzene rings is 1. The van der Waals surface area contributed by atoms with E-state index < -0.39 is 0 Å². The molecule has 0 saturated heterocycles. The number of hydrogen-bond acceptors (Lipinski definition) is 3. The minimum atomic E-state index is -0.269. The Morgan fingerprint density at radius 1 is 1.20 bits per heavy atom. The third kappa shape index (κ3) is 2.24. The average Bonchev–Trinajstić information content (AvgIpc) is 2.73. The molecule has 3 rings (SSSR count). The topological polar surface area (TPSA) is 77.8 Å². The summed E-state index contributed by atoms with van der Waals surface area (Å²) >= 11 is 0. The number of anilines is 1. The first-order chi connectivity index (χ1) is 9.46. The lowest BCUT2D eigenvalue weighted by atomic mass is 9.92. The van der Waals surface area contributed by atoms with Crippen molar-refractivity contribution in [3.63, 3.8) is 0 Å². The van der Waals surface area contributed by atoms with Crippen molar-refractivity contribution in [2.24, 2.45) is 5.41 Å². The fourth-order valence-electron chi connectivity index (χ4n) is 3.13. The van der Waals surface area contributed by atoms with Crippen LogP contribution in [0.4, 0.5) is 5.69 Å². The highest BCUT2D eigenvalue weighted by Crippen LogP contribution is 2.38. The second-order valence-corrected chi connectivity index (χ2v) is 6.38. The summed E-state index contributed by atoms with van der Waals surface area (Å²) in [6, 6.07) is 5.70. The Balaban J connectivity index is 2.03. The van der Waals surface area contributed by atoms with Crippen molar-refractivity contribution in [3.05, 3.63) is 38.9 Å². The Hall–Kier alpha value is -2.04. The summed E-state index contributed by atoms with van der Waals surface area (Å²) in [6.45, 7) is 4.52. The molecule has 1 aliphatic carbocycles. The molecular formula is C15H19N3O2. The molecule has 5 nitrogen and oxygen atoms in total. The fourth-order valence-corrected chi connectivity index (χ4v) is 3.13. The lowest BCUT2D eigenvalue weighted by Gasteiger charge is -2.19. The van der Waals surface area contributed by atoms with E-state index in [4.69, 9.17) is 0 Å². The zero-order valence-electron chi connectivity index (χ0n) is 11.7. The average molecular weight is 273 g/mol. The highest BCUT2D eigenvalue weighted by Gasteiger charge is 2.31. The van der Waals surface area contributed by atoms with E-state index in [1.54, 1.807) is 12.1 Å². The summed E-state index contributed by atoms with van der Waals surface area (Å²) in [4.78, 5) is 23.8. The van der Waals surface area contributed by atoms with E-state index in [1.165, 1.54) is 6.42 Å². The molecule has 1 saturated carbocycles. The molecule has 0 radical (unpaired) electrons.